The van der Waals surface area contributed by atoms with Crippen molar-refractivity contribution in [1.82, 2.24) is 16.0 Å². The molecule has 32 heavy (non-hydrogen) atoms. The summed E-state index contributed by atoms with van der Waals surface area (Å²) in [6.45, 7) is 6.49. The minimum Gasteiger partial charge on any atom is -0.481 e. The van der Waals surface area contributed by atoms with Gasteiger partial charge in [0.2, 0.25) is 23.6 Å². The number of rotatable bonds is 14. The van der Waals surface area contributed by atoms with Crippen molar-refractivity contribution in [3.05, 3.63) is 0 Å². The van der Waals surface area contributed by atoms with Crippen LogP contribution in [0.5, 0.6) is 0 Å². The first kappa shape index (κ1) is 28.8. The molecule has 0 saturated carbocycles. The molecule has 0 saturated heterocycles. The summed E-state index contributed by atoms with van der Waals surface area (Å²) in [5, 5.41) is 25.0. The largest absolute Gasteiger partial charge is 0.481 e. The molecule has 0 bridgehead atoms. The van der Waals surface area contributed by atoms with Gasteiger partial charge in [0.15, 0.2) is 0 Å². The molecule has 13 heteroatoms. The lowest BCUT2D eigenvalue weighted by Gasteiger charge is -2.28. The third kappa shape index (κ3) is 10.2. The van der Waals surface area contributed by atoms with Gasteiger partial charge in [0.1, 0.15) is 18.1 Å². The molecule has 0 aliphatic heterocycles. The van der Waals surface area contributed by atoms with Gasteiger partial charge in [-0.25, -0.2) is 4.79 Å². The summed E-state index contributed by atoms with van der Waals surface area (Å²) in [7, 11) is 0. The second-order valence-electron chi connectivity index (χ2n) is 8.07. The Labute approximate surface area is 185 Å². The van der Waals surface area contributed by atoms with Gasteiger partial charge in [-0.2, -0.15) is 0 Å². The zero-order chi connectivity index (χ0) is 25.2. The Morgan fingerprint density at radius 2 is 1.22 bits per heavy atom. The quantitative estimate of drug-likeness (QED) is 0.151. The van der Waals surface area contributed by atoms with Gasteiger partial charge in [-0.1, -0.05) is 27.7 Å². The van der Waals surface area contributed by atoms with E-state index in [9.17, 15) is 28.8 Å². The minimum atomic E-state index is -1.68. The van der Waals surface area contributed by atoms with Crippen molar-refractivity contribution in [2.45, 2.75) is 71.1 Å². The van der Waals surface area contributed by atoms with Gasteiger partial charge in [0.05, 0.1) is 12.5 Å². The summed E-state index contributed by atoms with van der Waals surface area (Å²) in [4.78, 5) is 70.5. The number of aliphatic carboxylic acids is 2. The number of carbonyl (C=O) groups excluding carboxylic acids is 4. The molecule has 0 rings (SSSR count). The van der Waals surface area contributed by atoms with E-state index in [4.69, 9.17) is 21.7 Å². The summed E-state index contributed by atoms with van der Waals surface area (Å²) in [5.41, 5.74) is 10.7. The smallest absolute Gasteiger partial charge is 0.326 e. The van der Waals surface area contributed by atoms with Gasteiger partial charge in [-0.3, -0.25) is 24.0 Å². The molecule has 0 heterocycles. The second-order valence-corrected chi connectivity index (χ2v) is 8.07. The predicted molar refractivity (Wildman–Crippen MR) is 112 cm³/mol. The van der Waals surface area contributed by atoms with Crippen LogP contribution in [0.15, 0.2) is 0 Å². The molecular weight excluding hydrogens is 426 g/mol. The van der Waals surface area contributed by atoms with Gasteiger partial charge < -0.3 is 37.6 Å². The average molecular weight is 460 g/mol. The Kier molecular flexibility index (Phi) is 11.9. The summed E-state index contributed by atoms with van der Waals surface area (Å²) >= 11 is 0. The molecule has 4 atom stereocenters. The van der Waals surface area contributed by atoms with Gasteiger partial charge >= 0.3 is 11.9 Å². The molecule has 0 aliphatic carbocycles. The van der Waals surface area contributed by atoms with Crippen LogP contribution in [-0.4, -0.2) is 69.9 Å². The monoisotopic (exact) mass is 459 g/mol. The van der Waals surface area contributed by atoms with Gasteiger partial charge in [0, 0.05) is 6.42 Å². The fourth-order valence-electron chi connectivity index (χ4n) is 2.64. The zero-order valence-corrected chi connectivity index (χ0v) is 18.6. The van der Waals surface area contributed by atoms with Crippen LogP contribution in [0.3, 0.4) is 0 Å². The topological polar surface area (TPSA) is 231 Å². The number of hydrogen-bond acceptors (Lipinski definition) is 7. The van der Waals surface area contributed by atoms with Crippen LogP contribution < -0.4 is 27.4 Å². The Hall–Kier alpha value is -3.22. The van der Waals surface area contributed by atoms with Gasteiger partial charge in [0.25, 0.3) is 0 Å². The highest BCUT2D eigenvalue weighted by atomic mass is 16.4. The molecule has 9 N–H and O–H groups in total. The average Bonchev–Trinajstić information content (AvgIpc) is 2.66. The van der Waals surface area contributed by atoms with Crippen LogP contribution in [0.4, 0.5) is 0 Å². The molecule has 0 aromatic heterocycles. The molecule has 0 radical (unpaired) electrons. The van der Waals surface area contributed by atoms with Crippen molar-refractivity contribution in [3.63, 3.8) is 0 Å². The van der Waals surface area contributed by atoms with E-state index in [0.29, 0.717) is 0 Å². The lowest BCUT2D eigenvalue weighted by Crippen LogP contribution is -2.59. The SMILES string of the molecule is CC(C)C(NC(=O)C(N)CCC(N)=O)C(=O)NC(C(=O)NC(CC(=O)O)C(=O)O)C(C)C. The van der Waals surface area contributed by atoms with Crippen LogP contribution in [0.1, 0.15) is 47.0 Å². The van der Waals surface area contributed by atoms with Gasteiger partial charge in [-0.15, -0.1) is 0 Å². The third-order valence-electron chi connectivity index (χ3n) is 4.53. The predicted octanol–water partition coefficient (Wildman–Crippen LogP) is -2.10. The molecule has 13 nitrogen and oxygen atoms in total. The van der Waals surface area contributed by atoms with Crippen molar-refractivity contribution in [3.8, 4) is 0 Å². The van der Waals surface area contributed by atoms with Crippen molar-refractivity contribution in [2.75, 3.05) is 0 Å². The maximum absolute atomic E-state index is 12.8. The number of nitrogens with two attached hydrogens (primary N) is 2. The van der Waals surface area contributed by atoms with E-state index in [1.165, 1.54) is 0 Å². The molecule has 0 aromatic rings. The fourth-order valence-corrected chi connectivity index (χ4v) is 2.64. The van der Waals surface area contributed by atoms with E-state index in [1.54, 1.807) is 27.7 Å². The number of carbonyl (C=O) groups is 6. The molecule has 182 valence electrons. The zero-order valence-electron chi connectivity index (χ0n) is 18.6. The Balaban J connectivity index is 5.33. The molecule has 4 amide bonds. The number of primary amides is 1. The van der Waals surface area contributed by atoms with Crippen LogP contribution in [0, 0.1) is 11.8 Å². The molecule has 0 fully saturated rings. The van der Waals surface area contributed by atoms with Crippen LogP contribution in [-0.2, 0) is 28.8 Å². The van der Waals surface area contributed by atoms with Gasteiger partial charge in [-0.05, 0) is 18.3 Å². The van der Waals surface area contributed by atoms with Crippen molar-refractivity contribution >= 4 is 35.6 Å². The molecular formula is C19H33N5O8. The van der Waals surface area contributed by atoms with E-state index in [1.807, 2.05) is 0 Å². The summed E-state index contributed by atoms with van der Waals surface area (Å²) < 4.78 is 0. The summed E-state index contributed by atoms with van der Waals surface area (Å²) in [6, 6.07) is -5.03. The first-order valence-corrected chi connectivity index (χ1v) is 10.1. The van der Waals surface area contributed by atoms with E-state index < -0.39 is 78.0 Å². The highest BCUT2D eigenvalue weighted by Gasteiger charge is 2.33. The normalized spacial score (nSPS) is 14.7. The van der Waals surface area contributed by atoms with Crippen LogP contribution in [0.2, 0.25) is 0 Å². The summed E-state index contributed by atoms with van der Waals surface area (Å²) in [5.74, 6) is -6.75. The van der Waals surface area contributed by atoms with Crippen molar-refractivity contribution < 1.29 is 39.0 Å². The standard InChI is InChI=1S/C19H33N5O8/c1-8(2)14(17(29)22-11(19(31)32)7-13(26)27)24-18(30)15(9(3)4)23-16(28)10(20)5-6-12(21)25/h8-11,14-15H,5-7,20H2,1-4H3,(H2,21,25)(H,22,29)(H,23,28)(H,24,30)(H,26,27)(H,31,32). The number of amides is 4. The lowest BCUT2D eigenvalue weighted by atomic mass is 9.98. The maximum atomic E-state index is 12.8. The minimum absolute atomic E-state index is 0.00915. The van der Waals surface area contributed by atoms with E-state index in [2.05, 4.69) is 16.0 Å². The first-order valence-electron chi connectivity index (χ1n) is 10.1. The molecule has 0 spiro atoms. The molecule has 4 unspecified atom stereocenters. The second kappa shape index (κ2) is 13.2. The Morgan fingerprint density at radius 1 is 0.781 bits per heavy atom. The van der Waals surface area contributed by atoms with Crippen molar-refractivity contribution in [2.24, 2.45) is 23.3 Å². The summed E-state index contributed by atoms with van der Waals surface area (Å²) in [6.07, 6.45) is -0.956. The third-order valence-corrected chi connectivity index (χ3v) is 4.53. The molecule has 0 aliphatic rings. The number of carboxylic acids is 2. The van der Waals surface area contributed by atoms with E-state index in [0.717, 1.165) is 0 Å². The first-order chi connectivity index (χ1) is 14.7. The highest BCUT2D eigenvalue weighted by Crippen LogP contribution is 2.08. The Bertz CT molecular complexity index is 725. The number of nitrogens with one attached hydrogen (secondary N) is 3. The van der Waals surface area contributed by atoms with Crippen molar-refractivity contribution in [1.29, 1.82) is 0 Å². The van der Waals surface area contributed by atoms with E-state index in [-0.39, 0.29) is 12.8 Å². The number of carboxylic acid groups (broad SMARTS) is 2. The number of hydrogen-bond donors (Lipinski definition) is 7. The van der Waals surface area contributed by atoms with Crippen LogP contribution >= 0.6 is 0 Å². The lowest BCUT2D eigenvalue weighted by molar-refractivity contribution is -0.147. The molecule has 0 aromatic carbocycles. The van der Waals surface area contributed by atoms with E-state index >= 15 is 0 Å². The Morgan fingerprint density at radius 3 is 1.59 bits per heavy atom. The maximum Gasteiger partial charge on any atom is 0.326 e. The van der Waals surface area contributed by atoms with Crippen LogP contribution in [0.25, 0.3) is 0 Å². The highest BCUT2D eigenvalue weighted by molar-refractivity contribution is 5.95. The fraction of sp³-hybridized carbons (Fsp3) is 0.684.